The highest BCUT2D eigenvalue weighted by Crippen LogP contribution is 1.94. The molecule has 0 aliphatic carbocycles. The Morgan fingerprint density at radius 3 is 2.71 bits per heavy atom. The average molecular weight is 188 g/mol. The van der Waals surface area contributed by atoms with Gasteiger partial charge in [-0.05, 0) is 18.6 Å². The molecule has 0 aliphatic rings. The maximum Gasteiger partial charge on any atom is 0.108 e. The van der Waals surface area contributed by atoms with Crippen LogP contribution in [0.5, 0.6) is 0 Å². The van der Waals surface area contributed by atoms with E-state index in [0.717, 1.165) is 18.6 Å². The molecule has 74 valence electrons. The third-order valence-electron chi connectivity index (χ3n) is 1.82. The molecule has 0 unspecified atom stereocenters. The van der Waals surface area contributed by atoms with Crippen LogP contribution in [0.15, 0.2) is 30.3 Å². The summed E-state index contributed by atoms with van der Waals surface area (Å²) in [7, 11) is 0. The van der Waals surface area contributed by atoms with Gasteiger partial charge in [-0.2, -0.15) is 0 Å². The van der Waals surface area contributed by atoms with E-state index in [0.29, 0.717) is 6.61 Å². The Morgan fingerprint density at radius 1 is 1.21 bits per heavy atom. The van der Waals surface area contributed by atoms with Crippen LogP contribution in [-0.4, -0.2) is 13.2 Å². The molecule has 0 fully saturated rings. The minimum Gasteiger partial charge on any atom is -0.369 e. The van der Waals surface area contributed by atoms with Gasteiger partial charge in [0.25, 0.3) is 0 Å². The van der Waals surface area contributed by atoms with E-state index in [1.54, 1.807) is 0 Å². The minimum atomic E-state index is 0.537. The van der Waals surface area contributed by atoms with Crippen LogP contribution >= 0.6 is 0 Å². The summed E-state index contributed by atoms with van der Waals surface area (Å²) in [6, 6.07) is 9.96. The van der Waals surface area contributed by atoms with E-state index in [2.05, 4.69) is 18.8 Å². The number of hydrogen-bond donors (Lipinski definition) is 0. The first-order chi connectivity index (χ1) is 6.93. The second-order valence-electron chi connectivity index (χ2n) is 3.07. The first kappa shape index (κ1) is 10.8. The summed E-state index contributed by atoms with van der Waals surface area (Å²) in [4.78, 5) is 0. The molecule has 0 N–H and O–H groups in total. The Hall–Kier alpha value is -1.26. The van der Waals surface area contributed by atoms with E-state index in [1.165, 1.54) is 6.42 Å². The topological polar surface area (TPSA) is 9.23 Å². The third kappa shape index (κ3) is 4.69. The molecule has 0 aliphatic heterocycles. The van der Waals surface area contributed by atoms with Crippen LogP contribution in [-0.2, 0) is 4.74 Å². The van der Waals surface area contributed by atoms with Crippen molar-refractivity contribution in [1.29, 1.82) is 0 Å². The van der Waals surface area contributed by atoms with Gasteiger partial charge in [-0.3, -0.25) is 0 Å². The van der Waals surface area contributed by atoms with Crippen molar-refractivity contribution in [3.63, 3.8) is 0 Å². The molecule has 0 amide bonds. The fraction of sp³-hybridized carbons (Fsp3) is 0.385. The Balaban J connectivity index is 2.21. The van der Waals surface area contributed by atoms with Crippen molar-refractivity contribution < 1.29 is 4.74 Å². The normalized spacial score (nSPS) is 9.21. The van der Waals surface area contributed by atoms with Gasteiger partial charge in [-0.25, -0.2) is 0 Å². The second kappa shape index (κ2) is 7.17. The van der Waals surface area contributed by atoms with Gasteiger partial charge in [0.2, 0.25) is 0 Å². The van der Waals surface area contributed by atoms with E-state index in [4.69, 9.17) is 4.74 Å². The first-order valence-corrected chi connectivity index (χ1v) is 5.05. The first-order valence-electron chi connectivity index (χ1n) is 5.05. The predicted octanol–water partition coefficient (Wildman–Crippen LogP) is 2.85. The van der Waals surface area contributed by atoms with Crippen LogP contribution in [0.2, 0.25) is 0 Å². The van der Waals surface area contributed by atoms with Crippen molar-refractivity contribution in [1.82, 2.24) is 0 Å². The second-order valence-corrected chi connectivity index (χ2v) is 3.07. The van der Waals surface area contributed by atoms with E-state index in [9.17, 15) is 0 Å². The lowest BCUT2D eigenvalue weighted by molar-refractivity contribution is 0.163. The minimum absolute atomic E-state index is 0.537. The van der Waals surface area contributed by atoms with Crippen LogP contribution in [0.25, 0.3) is 0 Å². The third-order valence-corrected chi connectivity index (χ3v) is 1.82. The van der Waals surface area contributed by atoms with Crippen molar-refractivity contribution >= 4 is 0 Å². The van der Waals surface area contributed by atoms with Crippen molar-refractivity contribution in [2.75, 3.05) is 13.2 Å². The zero-order chi connectivity index (χ0) is 10.1. The van der Waals surface area contributed by atoms with Crippen molar-refractivity contribution in [2.45, 2.75) is 19.8 Å². The fourth-order valence-electron chi connectivity index (χ4n) is 1.03. The molecule has 1 nitrogen and oxygen atoms in total. The number of ether oxygens (including phenoxy) is 1. The van der Waals surface area contributed by atoms with E-state index < -0.39 is 0 Å². The SMILES string of the molecule is CCCCOCC#Cc1ccccc1. The monoisotopic (exact) mass is 188 g/mol. The highest BCUT2D eigenvalue weighted by atomic mass is 16.5. The number of unbranched alkanes of at least 4 members (excludes halogenated alkanes) is 1. The van der Waals surface area contributed by atoms with Gasteiger partial charge in [0.15, 0.2) is 0 Å². The summed E-state index contributed by atoms with van der Waals surface area (Å²) >= 11 is 0. The zero-order valence-electron chi connectivity index (χ0n) is 8.62. The van der Waals surface area contributed by atoms with E-state index >= 15 is 0 Å². The number of benzene rings is 1. The van der Waals surface area contributed by atoms with Gasteiger partial charge in [0, 0.05) is 12.2 Å². The molecule has 0 aromatic heterocycles. The van der Waals surface area contributed by atoms with Gasteiger partial charge in [-0.1, -0.05) is 43.4 Å². The highest BCUT2D eigenvalue weighted by molar-refractivity contribution is 5.33. The molecular formula is C13H16O. The fourth-order valence-corrected chi connectivity index (χ4v) is 1.03. The maximum atomic E-state index is 5.32. The van der Waals surface area contributed by atoms with Gasteiger partial charge in [0.1, 0.15) is 6.61 Å². The summed E-state index contributed by atoms with van der Waals surface area (Å²) in [5.41, 5.74) is 1.05. The quantitative estimate of drug-likeness (QED) is 0.521. The predicted molar refractivity (Wildman–Crippen MR) is 59.0 cm³/mol. The number of rotatable bonds is 4. The number of hydrogen-bond acceptors (Lipinski definition) is 1. The van der Waals surface area contributed by atoms with Gasteiger partial charge >= 0.3 is 0 Å². The summed E-state index contributed by atoms with van der Waals surface area (Å²) in [5, 5.41) is 0. The summed E-state index contributed by atoms with van der Waals surface area (Å²) < 4.78 is 5.32. The lowest BCUT2D eigenvalue weighted by atomic mass is 10.2. The van der Waals surface area contributed by atoms with Crippen LogP contribution < -0.4 is 0 Å². The molecule has 1 heteroatoms. The van der Waals surface area contributed by atoms with Crippen molar-refractivity contribution in [3.8, 4) is 11.8 Å². The molecule has 0 heterocycles. The van der Waals surface area contributed by atoms with Gasteiger partial charge in [-0.15, -0.1) is 0 Å². The summed E-state index contributed by atoms with van der Waals surface area (Å²) in [5.74, 6) is 6.03. The van der Waals surface area contributed by atoms with Crippen LogP contribution in [0.3, 0.4) is 0 Å². The van der Waals surface area contributed by atoms with E-state index in [1.807, 2.05) is 30.3 Å². The molecule has 0 atom stereocenters. The molecule has 0 saturated carbocycles. The summed E-state index contributed by atoms with van der Waals surface area (Å²) in [6.45, 7) is 3.51. The Bertz CT molecular complexity index is 292. The molecule has 14 heavy (non-hydrogen) atoms. The molecule has 1 aromatic rings. The van der Waals surface area contributed by atoms with E-state index in [-0.39, 0.29) is 0 Å². The van der Waals surface area contributed by atoms with Gasteiger partial charge < -0.3 is 4.74 Å². The molecule has 0 spiro atoms. The largest absolute Gasteiger partial charge is 0.369 e. The lowest BCUT2D eigenvalue weighted by Crippen LogP contribution is -1.93. The zero-order valence-corrected chi connectivity index (χ0v) is 8.62. The standard InChI is InChI=1S/C13H16O/c1-2-3-11-14-12-7-10-13-8-5-4-6-9-13/h4-6,8-9H,2-3,11-12H2,1H3. The summed E-state index contributed by atoms with van der Waals surface area (Å²) in [6.07, 6.45) is 2.29. The maximum absolute atomic E-state index is 5.32. The molecule has 1 rings (SSSR count). The van der Waals surface area contributed by atoms with Crippen LogP contribution in [0.4, 0.5) is 0 Å². The smallest absolute Gasteiger partial charge is 0.108 e. The van der Waals surface area contributed by atoms with Crippen LogP contribution in [0.1, 0.15) is 25.3 Å². The molecular weight excluding hydrogens is 172 g/mol. The Kier molecular flexibility index (Phi) is 5.54. The van der Waals surface area contributed by atoms with Crippen molar-refractivity contribution in [3.05, 3.63) is 35.9 Å². The molecule has 0 radical (unpaired) electrons. The highest BCUT2D eigenvalue weighted by Gasteiger charge is 1.83. The Labute approximate surface area is 86.1 Å². The average Bonchev–Trinajstić information content (AvgIpc) is 2.25. The lowest BCUT2D eigenvalue weighted by Gasteiger charge is -1.95. The Morgan fingerprint density at radius 2 is 2.00 bits per heavy atom. The van der Waals surface area contributed by atoms with Crippen LogP contribution in [0, 0.1) is 11.8 Å². The molecule has 0 bridgehead atoms. The molecule has 0 saturated heterocycles. The molecule has 1 aromatic carbocycles. The van der Waals surface area contributed by atoms with Gasteiger partial charge in [0.05, 0.1) is 0 Å². The van der Waals surface area contributed by atoms with Crippen molar-refractivity contribution in [2.24, 2.45) is 0 Å².